The molecular formula is C24H32N2O3. The van der Waals surface area contributed by atoms with Crippen molar-refractivity contribution in [2.24, 2.45) is 0 Å². The van der Waals surface area contributed by atoms with Gasteiger partial charge in [-0.3, -0.25) is 9.59 Å². The van der Waals surface area contributed by atoms with E-state index in [2.05, 4.69) is 33.0 Å². The molecular weight excluding hydrogens is 364 g/mol. The standard InChI is InChI=1S/C24H32N2O3/c1-16(2)21-8-7-9-22(17(3)4)24(21)25-23(28)15-26(18(5)27)14-19-10-12-20(29-6)13-11-19/h7-13,16-17H,14-15H2,1-6H3,(H,25,28). The molecule has 0 heterocycles. The van der Waals surface area contributed by atoms with Gasteiger partial charge in [-0.05, 0) is 40.7 Å². The van der Waals surface area contributed by atoms with Gasteiger partial charge in [-0.25, -0.2) is 0 Å². The van der Waals surface area contributed by atoms with Crippen molar-refractivity contribution >= 4 is 17.5 Å². The molecule has 0 aromatic heterocycles. The van der Waals surface area contributed by atoms with Gasteiger partial charge in [-0.2, -0.15) is 0 Å². The van der Waals surface area contributed by atoms with Gasteiger partial charge < -0.3 is 15.0 Å². The fourth-order valence-corrected chi connectivity index (χ4v) is 3.28. The summed E-state index contributed by atoms with van der Waals surface area (Å²) in [5, 5.41) is 3.08. The number of carbonyl (C=O) groups excluding carboxylic acids is 2. The largest absolute Gasteiger partial charge is 0.497 e. The SMILES string of the molecule is COc1ccc(CN(CC(=O)Nc2c(C(C)C)cccc2C(C)C)C(C)=O)cc1. The van der Waals surface area contributed by atoms with Crippen LogP contribution < -0.4 is 10.1 Å². The van der Waals surface area contributed by atoms with Crippen molar-refractivity contribution in [2.75, 3.05) is 19.0 Å². The highest BCUT2D eigenvalue weighted by atomic mass is 16.5. The average Bonchev–Trinajstić information content (AvgIpc) is 2.67. The van der Waals surface area contributed by atoms with Crippen molar-refractivity contribution in [2.45, 2.75) is 53.0 Å². The highest BCUT2D eigenvalue weighted by Crippen LogP contribution is 2.32. The lowest BCUT2D eigenvalue weighted by molar-refractivity contribution is -0.133. The van der Waals surface area contributed by atoms with Crippen molar-refractivity contribution < 1.29 is 14.3 Å². The van der Waals surface area contributed by atoms with Crippen molar-refractivity contribution in [3.63, 3.8) is 0 Å². The summed E-state index contributed by atoms with van der Waals surface area (Å²) in [7, 11) is 1.61. The van der Waals surface area contributed by atoms with E-state index < -0.39 is 0 Å². The van der Waals surface area contributed by atoms with Gasteiger partial charge in [0.25, 0.3) is 0 Å². The second-order valence-corrected chi connectivity index (χ2v) is 7.89. The Hall–Kier alpha value is -2.82. The smallest absolute Gasteiger partial charge is 0.244 e. The predicted molar refractivity (Wildman–Crippen MR) is 117 cm³/mol. The minimum absolute atomic E-state index is 0.00529. The van der Waals surface area contributed by atoms with Crippen LogP contribution >= 0.6 is 0 Å². The van der Waals surface area contributed by atoms with Crippen LogP contribution in [0.15, 0.2) is 42.5 Å². The molecule has 2 rings (SSSR count). The molecule has 5 heteroatoms. The maximum Gasteiger partial charge on any atom is 0.244 e. The summed E-state index contributed by atoms with van der Waals surface area (Å²) >= 11 is 0. The van der Waals surface area contributed by atoms with Crippen LogP contribution in [-0.4, -0.2) is 30.4 Å². The monoisotopic (exact) mass is 396 g/mol. The highest BCUT2D eigenvalue weighted by molar-refractivity contribution is 5.95. The third kappa shape index (κ3) is 6.08. The molecule has 0 saturated carbocycles. The van der Waals surface area contributed by atoms with Crippen LogP contribution in [0.5, 0.6) is 5.75 Å². The van der Waals surface area contributed by atoms with E-state index in [1.54, 1.807) is 12.0 Å². The van der Waals surface area contributed by atoms with Crippen molar-refractivity contribution in [3.8, 4) is 5.75 Å². The Kier molecular flexibility index (Phi) is 7.82. The number of carbonyl (C=O) groups is 2. The second-order valence-electron chi connectivity index (χ2n) is 7.89. The number of ether oxygens (including phenoxy) is 1. The number of amides is 2. The number of hydrogen-bond acceptors (Lipinski definition) is 3. The van der Waals surface area contributed by atoms with Gasteiger partial charge in [0.2, 0.25) is 11.8 Å². The molecule has 0 radical (unpaired) electrons. The Morgan fingerprint density at radius 1 is 0.966 bits per heavy atom. The summed E-state index contributed by atoms with van der Waals surface area (Å²) in [4.78, 5) is 26.5. The number of hydrogen-bond donors (Lipinski definition) is 1. The molecule has 0 aliphatic rings. The number of anilines is 1. The molecule has 0 atom stereocenters. The zero-order chi connectivity index (χ0) is 21.6. The molecule has 0 bridgehead atoms. The van der Waals surface area contributed by atoms with Crippen molar-refractivity contribution in [1.82, 2.24) is 4.90 Å². The summed E-state index contributed by atoms with van der Waals surface area (Å²) in [6.45, 7) is 10.3. The van der Waals surface area contributed by atoms with E-state index in [1.807, 2.05) is 42.5 Å². The Labute approximate surface area is 174 Å². The van der Waals surface area contributed by atoms with Crippen LogP contribution in [0, 0.1) is 0 Å². The number of para-hydroxylation sites is 1. The molecule has 0 aliphatic heterocycles. The Bertz CT molecular complexity index is 815. The van der Waals surface area contributed by atoms with Gasteiger partial charge >= 0.3 is 0 Å². The van der Waals surface area contributed by atoms with Gasteiger partial charge in [0.05, 0.1) is 7.11 Å². The van der Waals surface area contributed by atoms with Crippen LogP contribution in [0.3, 0.4) is 0 Å². The van der Waals surface area contributed by atoms with Gasteiger partial charge in [0.15, 0.2) is 0 Å². The first-order valence-electron chi connectivity index (χ1n) is 10.0. The number of rotatable bonds is 8. The van der Waals surface area contributed by atoms with Crippen molar-refractivity contribution in [1.29, 1.82) is 0 Å². The molecule has 2 amide bonds. The van der Waals surface area contributed by atoms with Crippen molar-refractivity contribution in [3.05, 3.63) is 59.2 Å². The van der Waals surface area contributed by atoms with Gasteiger partial charge in [-0.15, -0.1) is 0 Å². The van der Waals surface area contributed by atoms with Crippen LogP contribution in [0.4, 0.5) is 5.69 Å². The predicted octanol–water partition coefficient (Wildman–Crippen LogP) is 4.93. The van der Waals surface area contributed by atoms with Gasteiger partial charge in [-0.1, -0.05) is 58.0 Å². The summed E-state index contributed by atoms with van der Waals surface area (Å²) in [6.07, 6.45) is 0. The molecule has 156 valence electrons. The summed E-state index contributed by atoms with van der Waals surface area (Å²) in [5.74, 6) is 0.993. The Balaban J connectivity index is 2.18. The number of nitrogens with zero attached hydrogens (tertiary/aromatic N) is 1. The molecule has 0 aliphatic carbocycles. The third-order valence-corrected chi connectivity index (χ3v) is 4.95. The maximum atomic E-state index is 12.8. The lowest BCUT2D eigenvalue weighted by Gasteiger charge is -2.23. The Morgan fingerprint density at radius 2 is 1.52 bits per heavy atom. The summed E-state index contributed by atoms with van der Waals surface area (Å²) < 4.78 is 5.17. The van der Waals surface area contributed by atoms with E-state index in [9.17, 15) is 9.59 Å². The average molecular weight is 397 g/mol. The molecule has 0 unspecified atom stereocenters. The molecule has 2 aromatic carbocycles. The minimum Gasteiger partial charge on any atom is -0.497 e. The lowest BCUT2D eigenvalue weighted by Crippen LogP contribution is -2.36. The molecule has 2 aromatic rings. The fraction of sp³-hybridized carbons (Fsp3) is 0.417. The van der Waals surface area contributed by atoms with Crippen LogP contribution in [0.25, 0.3) is 0 Å². The second kappa shape index (κ2) is 10.1. The van der Waals surface area contributed by atoms with E-state index in [4.69, 9.17) is 4.74 Å². The molecule has 0 fully saturated rings. The first-order valence-corrected chi connectivity index (χ1v) is 10.0. The highest BCUT2D eigenvalue weighted by Gasteiger charge is 2.19. The molecule has 5 nitrogen and oxygen atoms in total. The number of benzene rings is 2. The molecule has 29 heavy (non-hydrogen) atoms. The molecule has 0 spiro atoms. The van der Waals surface area contributed by atoms with Gasteiger partial charge in [0.1, 0.15) is 12.3 Å². The lowest BCUT2D eigenvalue weighted by atomic mass is 9.92. The molecule has 0 saturated heterocycles. The number of methoxy groups -OCH3 is 1. The van der Waals surface area contributed by atoms with E-state index in [0.29, 0.717) is 6.54 Å². The molecule has 1 N–H and O–H groups in total. The third-order valence-electron chi connectivity index (χ3n) is 4.95. The zero-order valence-corrected chi connectivity index (χ0v) is 18.3. The van der Waals surface area contributed by atoms with Crippen LogP contribution in [-0.2, 0) is 16.1 Å². The topological polar surface area (TPSA) is 58.6 Å². The van der Waals surface area contributed by atoms with Crippen LogP contribution in [0.1, 0.15) is 63.1 Å². The zero-order valence-electron chi connectivity index (χ0n) is 18.3. The normalized spacial score (nSPS) is 10.9. The first-order chi connectivity index (χ1) is 13.7. The van der Waals surface area contributed by atoms with E-state index >= 15 is 0 Å². The minimum atomic E-state index is -0.191. The summed E-state index contributed by atoms with van der Waals surface area (Å²) in [5.41, 5.74) is 4.03. The fourth-order valence-electron chi connectivity index (χ4n) is 3.28. The van der Waals surface area contributed by atoms with Gasteiger partial charge in [0, 0.05) is 19.2 Å². The number of nitrogens with one attached hydrogen (secondary N) is 1. The van der Waals surface area contributed by atoms with E-state index in [0.717, 1.165) is 28.1 Å². The quantitative estimate of drug-likeness (QED) is 0.688. The summed E-state index contributed by atoms with van der Waals surface area (Å²) in [6, 6.07) is 13.6. The van der Waals surface area contributed by atoms with E-state index in [1.165, 1.54) is 6.92 Å². The Morgan fingerprint density at radius 3 is 1.97 bits per heavy atom. The first kappa shape index (κ1) is 22.5. The van der Waals surface area contributed by atoms with Crippen LogP contribution in [0.2, 0.25) is 0 Å². The maximum absolute atomic E-state index is 12.8. The van der Waals surface area contributed by atoms with E-state index in [-0.39, 0.29) is 30.2 Å².